The zero-order chi connectivity index (χ0) is 24.7. The summed E-state index contributed by atoms with van der Waals surface area (Å²) in [5, 5.41) is 0. The second kappa shape index (κ2) is 9.29. The van der Waals surface area contributed by atoms with Crippen molar-refractivity contribution in [2.24, 2.45) is 5.41 Å². The summed E-state index contributed by atoms with van der Waals surface area (Å²) in [7, 11) is 1.90. The van der Waals surface area contributed by atoms with E-state index in [1.54, 1.807) is 0 Å². The van der Waals surface area contributed by atoms with Gasteiger partial charge in [0.25, 0.3) is 0 Å². The first kappa shape index (κ1) is 25.2. The number of pyridine rings is 1. The van der Waals surface area contributed by atoms with Crippen LogP contribution in [0.5, 0.6) is 0 Å². The van der Waals surface area contributed by atoms with Crippen LogP contribution in [0, 0.1) is 5.41 Å². The smallest absolute Gasteiger partial charge is 0.381 e. The minimum atomic E-state index is -4.58. The molecule has 2 atom stereocenters. The maximum absolute atomic E-state index is 13.6. The Hall–Kier alpha value is -1.88. The van der Waals surface area contributed by atoms with Crippen LogP contribution in [0.3, 0.4) is 0 Å². The van der Waals surface area contributed by atoms with Gasteiger partial charge in [0.2, 0.25) is 5.91 Å². The lowest BCUT2D eigenvalue weighted by molar-refractivity contribution is -0.175. The molecule has 1 aromatic heterocycles. The Bertz CT molecular complexity index is 900. The van der Waals surface area contributed by atoms with Gasteiger partial charge in [-0.2, -0.15) is 26.3 Å². The average molecular weight is 493 g/mol. The Balaban J connectivity index is 1.54. The molecule has 0 spiro atoms. The molecule has 1 aliphatic carbocycles. The van der Waals surface area contributed by atoms with Crippen molar-refractivity contribution in [3.8, 4) is 0 Å². The topological polar surface area (TPSA) is 45.7 Å². The molecule has 190 valence electrons. The van der Waals surface area contributed by atoms with Crippen molar-refractivity contribution in [3.63, 3.8) is 0 Å². The molecular weight excluding hydrogens is 464 g/mol. The van der Waals surface area contributed by atoms with Gasteiger partial charge in [0.1, 0.15) is 0 Å². The van der Waals surface area contributed by atoms with E-state index in [0.29, 0.717) is 25.3 Å². The van der Waals surface area contributed by atoms with Crippen LogP contribution in [0.2, 0.25) is 0 Å². The van der Waals surface area contributed by atoms with Crippen molar-refractivity contribution >= 4 is 5.91 Å². The largest absolute Gasteiger partial charge is 0.417 e. The van der Waals surface area contributed by atoms with Crippen LogP contribution in [0.1, 0.15) is 55.3 Å². The van der Waals surface area contributed by atoms with Crippen LogP contribution in [0.4, 0.5) is 26.3 Å². The van der Waals surface area contributed by atoms with E-state index in [-0.39, 0.29) is 50.0 Å². The summed E-state index contributed by atoms with van der Waals surface area (Å²) >= 11 is 0. The highest BCUT2D eigenvalue weighted by molar-refractivity contribution is 5.83. The summed E-state index contributed by atoms with van der Waals surface area (Å²) in [5.41, 5.74) is -1.84. The number of carbonyl (C=O) groups is 1. The summed E-state index contributed by atoms with van der Waals surface area (Å²) in [6.45, 7) is 1.19. The van der Waals surface area contributed by atoms with E-state index in [1.807, 2.05) is 7.05 Å². The first-order valence-electron chi connectivity index (χ1n) is 11.6. The number of aromatic nitrogens is 1. The van der Waals surface area contributed by atoms with E-state index < -0.39 is 35.7 Å². The number of alkyl halides is 6. The van der Waals surface area contributed by atoms with Gasteiger partial charge in [0, 0.05) is 56.7 Å². The molecule has 3 heterocycles. The fourth-order valence-electron chi connectivity index (χ4n) is 5.74. The van der Waals surface area contributed by atoms with E-state index in [2.05, 4.69) is 9.88 Å². The summed E-state index contributed by atoms with van der Waals surface area (Å²) in [5.74, 6) is -0.615. The van der Waals surface area contributed by atoms with Gasteiger partial charge in [-0.3, -0.25) is 9.78 Å². The molecule has 11 heteroatoms. The molecule has 0 unspecified atom stereocenters. The molecule has 1 saturated heterocycles. The van der Waals surface area contributed by atoms with Gasteiger partial charge in [0.05, 0.1) is 17.4 Å². The minimum absolute atomic E-state index is 0.0867. The van der Waals surface area contributed by atoms with Crippen molar-refractivity contribution in [1.29, 1.82) is 0 Å². The normalized spacial score (nSPS) is 26.7. The van der Waals surface area contributed by atoms with Crippen molar-refractivity contribution in [2.45, 2.75) is 75.9 Å². The van der Waals surface area contributed by atoms with Crippen LogP contribution < -0.4 is 0 Å². The van der Waals surface area contributed by atoms with Gasteiger partial charge in [0.15, 0.2) is 0 Å². The molecule has 0 radical (unpaired) electrons. The second-order valence-electron chi connectivity index (χ2n) is 9.78. The number of carbonyl (C=O) groups excluding carboxylic acids is 1. The van der Waals surface area contributed by atoms with Gasteiger partial charge in [-0.1, -0.05) is 0 Å². The van der Waals surface area contributed by atoms with Crippen LogP contribution in [-0.4, -0.2) is 65.8 Å². The Morgan fingerprint density at radius 2 is 1.88 bits per heavy atom. The zero-order valence-corrected chi connectivity index (χ0v) is 19.0. The van der Waals surface area contributed by atoms with Crippen LogP contribution >= 0.6 is 0 Å². The number of hydrogen-bond acceptors (Lipinski definition) is 4. The summed E-state index contributed by atoms with van der Waals surface area (Å²) in [6, 6.07) is 0.989. The fourth-order valence-corrected chi connectivity index (χ4v) is 5.74. The predicted molar refractivity (Wildman–Crippen MR) is 111 cm³/mol. The molecule has 5 nitrogen and oxygen atoms in total. The average Bonchev–Trinajstić information content (AvgIpc) is 3.20. The summed E-state index contributed by atoms with van der Waals surface area (Å²) < 4.78 is 85.7. The highest BCUT2D eigenvalue weighted by Crippen LogP contribution is 2.49. The van der Waals surface area contributed by atoms with Gasteiger partial charge < -0.3 is 14.5 Å². The van der Waals surface area contributed by atoms with Gasteiger partial charge >= 0.3 is 12.4 Å². The van der Waals surface area contributed by atoms with Crippen molar-refractivity contribution in [1.82, 2.24) is 14.8 Å². The number of nitrogens with zero attached hydrogens (tertiary/aromatic N) is 3. The molecular formula is C23H29F6N3O2. The van der Waals surface area contributed by atoms with E-state index >= 15 is 0 Å². The lowest BCUT2D eigenvalue weighted by atomic mass is 9.79. The molecule has 34 heavy (non-hydrogen) atoms. The molecule has 2 aliphatic heterocycles. The van der Waals surface area contributed by atoms with Gasteiger partial charge in [-0.05, 0) is 50.8 Å². The molecule has 1 saturated carbocycles. The Labute approximate surface area is 194 Å². The van der Waals surface area contributed by atoms with Crippen molar-refractivity contribution in [2.75, 3.05) is 26.8 Å². The van der Waals surface area contributed by atoms with E-state index in [9.17, 15) is 31.1 Å². The van der Waals surface area contributed by atoms with Crippen LogP contribution in [-0.2, 0) is 28.7 Å². The second-order valence-corrected chi connectivity index (χ2v) is 9.78. The van der Waals surface area contributed by atoms with Crippen molar-refractivity contribution in [3.05, 3.63) is 29.1 Å². The highest BCUT2D eigenvalue weighted by Gasteiger charge is 2.54. The molecule has 2 fully saturated rings. The van der Waals surface area contributed by atoms with E-state index in [0.717, 1.165) is 25.1 Å². The maximum Gasteiger partial charge on any atom is 0.417 e. The highest BCUT2D eigenvalue weighted by atomic mass is 19.4. The first-order chi connectivity index (χ1) is 15.9. The fraction of sp³-hybridized carbons (Fsp3) is 0.739. The van der Waals surface area contributed by atoms with Crippen LogP contribution in [0.25, 0.3) is 0 Å². The third kappa shape index (κ3) is 5.35. The minimum Gasteiger partial charge on any atom is -0.381 e. The first-order valence-corrected chi connectivity index (χ1v) is 11.6. The maximum atomic E-state index is 13.6. The third-order valence-corrected chi connectivity index (χ3v) is 7.57. The molecule has 0 aromatic carbocycles. The number of amides is 1. The Morgan fingerprint density at radius 1 is 1.18 bits per heavy atom. The summed E-state index contributed by atoms with van der Waals surface area (Å²) in [4.78, 5) is 20.9. The monoisotopic (exact) mass is 493 g/mol. The summed E-state index contributed by atoms with van der Waals surface area (Å²) in [6.07, 6.45) is -7.10. The number of halogens is 6. The predicted octanol–water partition coefficient (Wildman–Crippen LogP) is 4.59. The molecule has 0 bridgehead atoms. The SMILES string of the molecule is CN(C1CCOCC1)[C@@H]1CC[C@](CC(F)(F)F)(C(=O)N2CCc3ncc(C(F)(F)F)cc3C2)C1. The van der Waals surface area contributed by atoms with Gasteiger partial charge in [-0.15, -0.1) is 0 Å². The molecule has 0 N–H and O–H groups in total. The van der Waals surface area contributed by atoms with E-state index in [1.165, 1.54) is 4.90 Å². The third-order valence-electron chi connectivity index (χ3n) is 7.57. The van der Waals surface area contributed by atoms with Crippen LogP contribution in [0.15, 0.2) is 12.3 Å². The Kier molecular flexibility index (Phi) is 6.89. The zero-order valence-electron chi connectivity index (χ0n) is 19.0. The van der Waals surface area contributed by atoms with Crippen molar-refractivity contribution < 1.29 is 35.9 Å². The van der Waals surface area contributed by atoms with Gasteiger partial charge in [-0.25, -0.2) is 0 Å². The number of ether oxygens (including phenoxy) is 1. The standard InChI is InChI=1S/C23H29F6N3O2/c1-31(17-4-8-34-9-5-17)18-2-6-21(11-18,14-22(24,25)26)20(33)32-7-3-19-15(13-32)10-16(12-30-19)23(27,28)29/h10,12,17-18H,2-9,11,13-14H2,1H3/t18-,21+/m1/s1. The number of hydrogen-bond donors (Lipinski definition) is 0. The number of rotatable bonds is 4. The van der Waals surface area contributed by atoms with E-state index in [4.69, 9.17) is 4.74 Å². The lowest BCUT2D eigenvalue weighted by Crippen LogP contribution is -2.48. The number of fused-ring (bicyclic) bond motifs is 1. The molecule has 4 rings (SSSR count). The lowest BCUT2D eigenvalue weighted by Gasteiger charge is -2.39. The quantitative estimate of drug-likeness (QED) is 0.576. The molecule has 3 aliphatic rings. The Morgan fingerprint density at radius 3 is 2.53 bits per heavy atom. The molecule has 1 amide bonds. The molecule has 1 aromatic rings.